The molecule has 0 amide bonds. The van der Waals surface area contributed by atoms with Crippen LogP contribution in [-0.4, -0.2) is 18.1 Å². The topological polar surface area (TPSA) is 73.6 Å². The molecule has 3 aromatic rings. The summed E-state index contributed by atoms with van der Waals surface area (Å²) in [6.45, 7) is 3.85. The van der Waals surface area contributed by atoms with E-state index >= 15 is 0 Å². The van der Waals surface area contributed by atoms with Crippen molar-refractivity contribution in [2.75, 3.05) is 13.2 Å². The van der Waals surface area contributed by atoms with Gasteiger partial charge in [0.05, 0.1) is 11.5 Å². The van der Waals surface area contributed by atoms with E-state index in [0.717, 1.165) is 23.1 Å². The van der Waals surface area contributed by atoms with E-state index in [1.54, 1.807) is 24.3 Å². The van der Waals surface area contributed by atoms with Gasteiger partial charge in [0, 0.05) is 39.8 Å². The number of non-ortho nitro benzene ring substituents is 1. The number of halogens is 3. The average Bonchev–Trinajstić information content (AvgIpc) is 2.79. The van der Waals surface area contributed by atoms with Crippen molar-refractivity contribution >= 4 is 40.5 Å². The van der Waals surface area contributed by atoms with Crippen molar-refractivity contribution in [1.82, 2.24) is 5.32 Å². The van der Waals surface area contributed by atoms with Gasteiger partial charge in [-0.2, -0.15) is 0 Å². The molecule has 0 aromatic heterocycles. The quantitative estimate of drug-likeness (QED) is 0.173. The van der Waals surface area contributed by atoms with E-state index in [4.69, 9.17) is 44.3 Å². The number of benzene rings is 3. The second-order valence-electron chi connectivity index (χ2n) is 7.20. The molecule has 0 aliphatic carbocycles. The van der Waals surface area contributed by atoms with Crippen LogP contribution in [0.4, 0.5) is 5.69 Å². The Morgan fingerprint density at radius 2 is 1.61 bits per heavy atom. The summed E-state index contributed by atoms with van der Waals surface area (Å²) in [6, 6.07) is 15.3. The Morgan fingerprint density at radius 3 is 2.27 bits per heavy atom. The third kappa shape index (κ3) is 7.24. The molecule has 3 rings (SSSR count). The van der Waals surface area contributed by atoms with E-state index in [0.29, 0.717) is 46.3 Å². The van der Waals surface area contributed by atoms with Crippen LogP contribution in [0.3, 0.4) is 0 Å². The summed E-state index contributed by atoms with van der Waals surface area (Å²) in [6.07, 6.45) is 0.752. The normalized spacial score (nSPS) is 10.8. The largest absolute Gasteiger partial charge is 0.490 e. The van der Waals surface area contributed by atoms with Gasteiger partial charge in [-0.05, 0) is 66.9 Å². The van der Waals surface area contributed by atoms with Gasteiger partial charge in [0.2, 0.25) is 0 Å². The summed E-state index contributed by atoms with van der Waals surface area (Å²) >= 11 is 18.7. The summed E-state index contributed by atoms with van der Waals surface area (Å²) < 4.78 is 11.6. The van der Waals surface area contributed by atoms with Crippen LogP contribution in [-0.2, 0) is 19.6 Å². The van der Waals surface area contributed by atoms with E-state index in [1.165, 1.54) is 12.1 Å². The molecule has 0 atom stereocenters. The van der Waals surface area contributed by atoms with Gasteiger partial charge in [0.15, 0.2) is 11.5 Å². The third-order valence-electron chi connectivity index (χ3n) is 4.86. The second-order valence-corrected chi connectivity index (χ2v) is 8.45. The number of hydrogen-bond donors (Lipinski definition) is 1. The summed E-state index contributed by atoms with van der Waals surface area (Å²) in [5.74, 6) is 1.10. The van der Waals surface area contributed by atoms with E-state index in [-0.39, 0.29) is 12.3 Å². The van der Waals surface area contributed by atoms with E-state index < -0.39 is 4.92 Å². The van der Waals surface area contributed by atoms with Crippen LogP contribution in [0.2, 0.25) is 15.1 Å². The SMILES string of the molecule is CCOc1cc(CNCCc2ccc(Cl)cc2Cl)c(Cl)cc1OCc1ccc([N+](=O)[O-])cc1. The minimum Gasteiger partial charge on any atom is -0.490 e. The Bertz CT molecular complexity index is 1110. The van der Waals surface area contributed by atoms with Crippen LogP contribution in [0.25, 0.3) is 0 Å². The fourth-order valence-corrected chi connectivity index (χ4v) is 3.86. The van der Waals surface area contributed by atoms with Crippen LogP contribution in [0.15, 0.2) is 54.6 Å². The lowest BCUT2D eigenvalue weighted by Gasteiger charge is -2.15. The second kappa shape index (κ2) is 12.1. The smallest absolute Gasteiger partial charge is 0.269 e. The molecule has 33 heavy (non-hydrogen) atoms. The highest BCUT2D eigenvalue weighted by Crippen LogP contribution is 2.34. The van der Waals surface area contributed by atoms with Crippen molar-refractivity contribution < 1.29 is 14.4 Å². The van der Waals surface area contributed by atoms with Crippen LogP contribution in [0.1, 0.15) is 23.6 Å². The average molecular weight is 510 g/mol. The number of hydrogen-bond acceptors (Lipinski definition) is 5. The van der Waals surface area contributed by atoms with Gasteiger partial charge >= 0.3 is 0 Å². The molecule has 1 N–H and O–H groups in total. The van der Waals surface area contributed by atoms with Crippen LogP contribution in [0, 0.1) is 10.1 Å². The summed E-state index contributed by atoms with van der Waals surface area (Å²) in [5.41, 5.74) is 2.73. The number of nitro groups is 1. The highest BCUT2D eigenvalue weighted by Gasteiger charge is 2.12. The standard InChI is InChI=1S/C24H23Cl3N2O4/c1-2-32-23-11-18(14-28-10-9-17-5-6-19(25)12-21(17)26)22(27)13-24(23)33-15-16-3-7-20(8-4-16)29(30)31/h3-8,11-13,28H,2,9-10,14-15H2,1H3. The molecular weight excluding hydrogens is 487 g/mol. The zero-order chi connectivity index (χ0) is 23.8. The fraction of sp³-hybridized carbons (Fsp3) is 0.250. The van der Waals surface area contributed by atoms with Gasteiger partial charge < -0.3 is 14.8 Å². The predicted octanol–water partition coefficient (Wildman–Crippen LogP) is 6.87. The highest BCUT2D eigenvalue weighted by atomic mass is 35.5. The molecule has 174 valence electrons. The molecule has 0 aliphatic heterocycles. The Kier molecular flexibility index (Phi) is 9.21. The first-order valence-electron chi connectivity index (χ1n) is 10.3. The Hall–Kier alpha value is -2.51. The lowest BCUT2D eigenvalue weighted by Crippen LogP contribution is -2.17. The van der Waals surface area contributed by atoms with Crippen molar-refractivity contribution in [3.63, 3.8) is 0 Å². The maximum Gasteiger partial charge on any atom is 0.269 e. The molecule has 6 nitrogen and oxygen atoms in total. The molecule has 0 aliphatic rings. The first kappa shape index (κ1) is 25.1. The lowest BCUT2D eigenvalue weighted by atomic mass is 10.1. The number of nitrogens with one attached hydrogen (secondary N) is 1. The Balaban J connectivity index is 1.61. The third-order valence-corrected chi connectivity index (χ3v) is 5.79. The minimum atomic E-state index is -0.436. The molecule has 0 saturated heterocycles. The molecule has 9 heteroatoms. The first-order valence-corrected chi connectivity index (χ1v) is 11.5. The van der Waals surface area contributed by atoms with Gasteiger partial charge in [-0.1, -0.05) is 40.9 Å². The van der Waals surface area contributed by atoms with E-state index in [2.05, 4.69) is 5.32 Å². The summed E-state index contributed by atoms with van der Waals surface area (Å²) in [4.78, 5) is 10.4. The number of nitro benzene ring substituents is 1. The van der Waals surface area contributed by atoms with Crippen molar-refractivity contribution in [2.45, 2.75) is 26.5 Å². The minimum absolute atomic E-state index is 0.0342. The number of nitrogens with zero attached hydrogens (tertiary/aromatic N) is 1. The lowest BCUT2D eigenvalue weighted by molar-refractivity contribution is -0.384. The first-order chi connectivity index (χ1) is 15.9. The van der Waals surface area contributed by atoms with E-state index in [1.807, 2.05) is 25.1 Å². The molecule has 0 fully saturated rings. The van der Waals surface area contributed by atoms with Crippen molar-refractivity contribution in [3.8, 4) is 11.5 Å². The maximum atomic E-state index is 10.8. The van der Waals surface area contributed by atoms with Gasteiger partial charge in [0.1, 0.15) is 6.61 Å². The highest BCUT2D eigenvalue weighted by molar-refractivity contribution is 6.35. The van der Waals surface area contributed by atoms with Gasteiger partial charge in [-0.15, -0.1) is 0 Å². The molecule has 0 spiro atoms. The zero-order valence-electron chi connectivity index (χ0n) is 17.9. The number of rotatable bonds is 11. The Morgan fingerprint density at radius 1 is 0.909 bits per heavy atom. The maximum absolute atomic E-state index is 10.8. The van der Waals surface area contributed by atoms with E-state index in [9.17, 15) is 10.1 Å². The van der Waals surface area contributed by atoms with Crippen LogP contribution < -0.4 is 14.8 Å². The van der Waals surface area contributed by atoms with Crippen molar-refractivity contribution in [2.24, 2.45) is 0 Å². The molecule has 0 bridgehead atoms. The fourth-order valence-electron chi connectivity index (χ4n) is 3.14. The van der Waals surface area contributed by atoms with Crippen LogP contribution in [0.5, 0.6) is 11.5 Å². The zero-order valence-corrected chi connectivity index (χ0v) is 20.2. The summed E-state index contributed by atoms with van der Waals surface area (Å²) in [5, 5.41) is 16.0. The number of ether oxygens (including phenoxy) is 2. The van der Waals surface area contributed by atoms with Gasteiger partial charge in [-0.25, -0.2) is 0 Å². The van der Waals surface area contributed by atoms with Crippen molar-refractivity contribution in [3.05, 3.63) is 96.5 Å². The monoisotopic (exact) mass is 508 g/mol. The molecule has 0 heterocycles. The van der Waals surface area contributed by atoms with Gasteiger partial charge in [-0.3, -0.25) is 10.1 Å². The molecule has 0 radical (unpaired) electrons. The summed E-state index contributed by atoms with van der Waals surface area (Å²) in [7, 11) is 0. The van der Waals surface area contributed by atoms with Crippen molar-refractivity contribution in [1.29, 1.82) is 0 Å². The molecular formula is C24H23Cl3N2O4. The predicted molar refractivity (Wildman–Crippen MR) is 132 cm³/mol. The molecule has 0 saturated carbocycles. The van der Waals surface area contributed by atoms with Crippen LogP contribution >= 0.6 is 34.8 Å². The Labute approximate surface area is 207 Å². The molecule has 0 unspecified atom stereocenters. The molecule has 3 aromatic carbocycles. The van der Waals surface area contributed by atoms with Gasteiger partial charge in [0.25, 0.3) is 5.69 Å².